The minimum absolute atomic E-state index is 0.100. The van der Waals surface area contributed by atoms with E-state index in [4.69, 9.17) is 17.0 Å². The van der Waals surface area contributed by atoms with Crippen LogP contribution < -0.4 is 16.2 Å². The first-order valence-electron chi connectivity index (χ1n) is 8.23. The molecule has 2 aromatic heterocycles. The van der Waals surface area contributed by atoms with Crippen molar-refractivity contribution in [1.82, 2.24) is 14.7 Å². The molecule has 2 aromatic rings. The molecule has 7 nitrogen and oxygen atoms in total. The van der Waals surface area contributed by atoms with Crippen LogP contribution in [0.4, 0.5) is 5.82 Å². The van der Waals surface area contributed by atoms with Crippen LogP contribution in [0.15, 0.2) is 34.1 Å². The van der Waals surface area contributed by atoms with Crippen molar-refractivity contribution in [3.63, 3.8) is 0 Å². The Hall–Kier alpha value is -2.23. The Kier molecular flexibility index (Phi) is 4.75. The quantitative estimate of drug-likeness (QED) is 0.610. The van der Waals surface area contributed by atoms with Crippen LogP contribution in [-0.2, 0) is 9.53 Å². The lowest BCUT2D eigenvalue weighted by Gasteiger charge is -2.14. The predicted octanol–water partition coefficient (Wildman–Crippen LogP) is 1.77. The van der Waals surface area contributed by atoms with E-state index in [9.17, 15) is 9.59 Å². The van der Waals surface area contributed by atoms with Crippen LogP contribution in [-0.4, -0.2) is 38.9 Å². The Morgan fingerprint density at radius 1 is 1.46 bits per heavy atom. The summed E-state index contributed by atoms with van der Waals surface area (Å²) in [5.41, 5.74) is 0.617. The van der Waals surface area contributed by atoms with E-state index in [-0.39, 0.29) is 17.6 Å². The summed E-state index contributed by atoms with van der Waals surface area (Å²) in [7, 11) is 0. The SMILES string of the molecule is O=C1NC(=S)S/C1=C/c1c(NC[C@@H]2CCCO2)nc2ccccn2c1=O. The standard InChI is InChI=1S/C17H16N4O3S2/c22-15-12(26-17(25)20-15)8-11-14(18-9-10-4-3-7-24-10)19-13-5-1-2-6-21(13)16(11)23/h1-2,5-6,8,10,18H,3-4,7,9H2,(H,20,22,25)/b12-8+/t10-/m0/s1. The lowest BCUT2D eigenvalue weighted by molar-refractivity contribution is -0.115. The predicted molar refractivity (Wildman–Crippen MR) is 105 cm³/mol. The second kappa shape index (κ2) is 7.18. The molecule has 2 fully saturated rings. The molecular weight excluding hydrogens is 372 g/mol. The summed E-state index contributed by atoms with van der Waals surface area (Å²) in [4.78, 5) is 29.9. The molecule has 2 saturated heterocycles. The molecule has 4 heterocycles. The van der Waals surface area contributed by atoms with Gasteiger partial charge in [-0.15, -0.1) is 0 Å². The minimum atomic E-state index is -0.303. The summed E-state index contributed by atoms with van der Waals surface area (Å²) >= 11 is 6.15. The Labute approximate surface area is 158 Å². The molecular formula is C17H16N4O3S2. The molecule has 1 amide bonds. The molecule has 26 heavy (non-hydrogen) atoms. The van der Waals surface area contributed by atoms with Crippen LogP contribution in [0.3, 0.4) is 0 Å². The Morgan fingerprint density at radius 2 is 2.35 bits per heavy atom. The Bertz CT molecular complexity index is 980. The highest BCUT2D eigenvalue weighted by atomic mass is 32.2. The zero-order chi connectivity index (χ0) is 18.1. The van der Waals surface area contributed by atoms with Crippen molar-refractivity contribution < 1.29 is 9.53 Å². The van der Waals surface area contributed by atoms with E-state index < -0.39 is 0 Å². The fourth-order valence-corrected chi connectivity index (χ4v) is 3.96. The number of carbonyl (C=O) groups excluding carboxylic acids is 1. The van der Waals surface area contributed by atoms with Crippen molar-refractivity contribution in [2.24, 2.45) is 0 Å². The second-order valence-electron chi connectivity index (χ2n) is 5.98. The van der Waals surface area contributed by atoms with Gasteiger partial charge < -0.3 is 15.4 Å². The summed E-state index contributed by atoms with van der Waals surface area (Å²) in [6, 6.07) is 5.35. The van der Waals surface area contributed by atoms with Gasteiger partial charge in [0.2, 0.25) is 0 Å². The fourth-order valence-electron chi connectivity index (χ4n) is 2.94. The Morgan fingerprint density at radius 3 is 3.08 bits per heavy atom. The smallest absolute Gasteiger partial charge is 0.267 e. The van der Waals surface area contributed by atoms with E-state index in [0.29, 0.717) is 32.8 Å². The van der Waals surface area contributed by atoms with E-state index in [1.165, 1.54) is 4.40 Å². The summed E-state index contributed by atoms with van der Waals surface area (Å²) < 4.78 is 7.46. The van der Waals surface area contributed by atoms with Crippen molar-refractivity contribution in [2.75, 3.05) is 18.5 Å². The van der Waals surface area contributed by atoms with Crippen LogP contribution in [0.2, 0.25) is 0 Å². The number of thioether (sulfide) groups is 1. The number of carbonyl (C=O) groups is 1. The molecule has 0 spiro atoms. The third-order valence-electron chi connectivity index (χ3n) is 4.21. The van der Waals surface area contributed by atoms with Gasteiger partial charge in [-0.25, -0.2) is 4.98 Å². The summed E-state index contributed by atoms with van der Waals surface area (Å²) in [6.07, 6.45) is 5.31. The van der Waals surface area contributed by atoms with Gasteiger partial charge in [0.25, 0.3) is 11.5 Å². The summed E-state index contributed by atoms with van der Waals surface area (Å²) in [5, 5.41) is 5.78. The van der Waals surface area contributed by atoms with Crippen LogP contribution in [0.5, 0.6) is 0 Å². The van der Waals surface area contributed by atoms with E-state index >= 15 is 0 Å². The first-order chi connectivity index (χ1) is 12.6. The van der Waals surface area contributed by atoms with E-state index in [2.05, 4.69) is 15.6 Å². The molecule has 2 aliphatic rings. The van der Waals surface area contributed by atoms with E-state index in [1.807, 2.05) is 6.07 Å². The number of rotatable bonds is 4. The van der Waals surface area contributed by atoms with Gasteiger partial charge in [0.15, 0.2) is 0 Å². The monoisotopic (exact) mass is 388 g/mol. The van der Waals surface area contributed by atoms with Gasteiger partial charge in [-0.1, -0.05) is 30.0 Å². The largest absolute Gasteiger partial charge is 0.376 e. The molecule has 9 heteroatoms. The van der Waals surface area contributed by atoms with Gasteiger partial charge in [0, 0.05) is 19.3 Å². The number of nitrogens with zero attached hydrogens (tertiary/aromatic N) is 2. The molecule has 2 aliphatic heterocycles. The maximum absolute atomic E-state index is 13.0. The number of aromatic nitrogens is 2. The number of anilines is 1. The van der Waals surface area contributed by atoms with Crippen molar-refractivity contribution in [2.45, 2.75) is 18.9 Å². The van der Waals surface area contributed by atoms with Crippen molar-refractivity contribution in [1.29, 1.82) is 0 Å². The zero-order valence-electron chi connectivity index (χ0n) is 13.7. The molecule has 2 N–H and O–H groups in total. The van der Waals surface area contributed by atoms with Crippen molar-refractivity contribution >= 4 is 51.7 Å². The average Bonchev–Trinajstić information content (AvgIpc) is 3.25. The number of hydrogen-bond donors (Lipinski definition) is 2. The second-order valence-corrected chi connectivity index (χ2v) is 7.70. The molecule has 0 aromatic carbocycles. The van der Waals surface area contributed by atoms with Crippen LogP contribution in [0.25, 0.3) is 11.7 Å². The lowest BCUT2D eigenvalue weighted by Crippen LogP contribution is -2.24. The minimum Gasteiger partial charge on any atom is -0.376 e. The first-order valence-corrected chi connectivity index (χ1v) is 9.46. The molecule has 0 bridgehead atoms. The van der Waals surface area contributed by atoms with Gasteiger partial charge in [0.05, 0.1) is 16.6 Å². The average molecular weight is 388 g/mol. The number of amides is 1. The van der Waals surface area contributed by atoms with Crippen molar-refractivity contribution in [3.8, 4) is 0 Å². The highest BCUT2D eigenvalue weighted by molar-refractivity contribution is 8.26. The molecule has 0 saturated carbocycles. The molecule has 0 radical (unpaired) electrons. The third-order valence-corrected chi connectivity index (χ3v) is 5.37. The highest BCUT2D eigenvalue weighted by Gasteiger charge is 2.24. The van der Waals surface area contributed by atoms with E-state index in [1.54, 1.807) is 24.4 Å². The molecule has 0 aliphatic carbocycles. The number of hydrogen-bond acceptors (Lipinski definition) is 7. The van der Waals surface area contributed by atoms with Gasteiger partial charge in [0.1, 0.15) is 15.8 Å². The molecule has 1 atom stereocenters. The lowest BCUT2D eigenvalue weighted by atomic mass is 10.2. The first kappa shape index (κ1) is 17.2. The van der Waals surface area contributed by atoms with Crippen LogP contribution >= 0.6 is 24.0 Å². The number of thiocarbonyl (C=S) groups is 1. The highest BCUT2D eigenvalue weighted by Crippen LogP contribution is 2.27. The number of ether oxygens (including phenoxy) is 1. The van der Waals surface area contributed by atoms with Crippen LogP contribution in [0, 0.1) is 0 Å². The van der Waals surface area contributed by atoms with Gasteiger partial charge in [-0.2, -0.15) is 0 Å². The maximum atomic E-state index is 13.0. The maximum Gasteiger partial charge on any atom is 0.267 e. The third kappa shape index (κ3) is 3.37. The van der Waals surface area contributed by atoms with Crippen molar-refractivity contribution in [3.05, 3.63) is 45.2 Å². The zero-order valence-corrected chi connectivity index (χ0v) is 15.4. The van der Waals surface area contributed by atoms with Gasteiger partial charge in [-0.3, -0.25) is 14.0 Å². The van der Waals surface area contributed by atoms with E-state index in [0.717, 1.165) is 31.2 Å². The van der Waals surface area contributed by atoms with Gasteiger partial charge in [-0.05, 0) is 31.1 Å². The topological polar surface area (TPSA) is 84.7 Å². The van der Waals surface area contributed by atoms with Gasteiger partial charge >= 0.3 is 0 Å². The Balaban J connectivity index is 1.77. The number of nitrogens with one attached hydrogen (secondary N) is 2. The molecule has 0 unspecified atom stereocenters. The number of fused-ring (bicyclic) bond motifs is 1. The summed E-state index contributed by atoms with van der Waals surface area (Å²) in [6.45, 7) is 1.31. The molecule has 4 rings (SSSR count). The van der Waals surface area contributed by atoms with Crippen LogP contribution in [0.1, 0.15) is 18.4 Å². The number of pyridine rings is 1. The molecule has 134 valence electrons. The summed E-state index contributed by atoms with van der Waals surface area (Å²) in [5.74, 6) is 0.137. The normalized spacial score (nSPS) is 21.5. The fraction of sp³-hybridized carbons (Fsp3) is 0.294.